The smallest absolute Gasteiger partial charge is 0.343 e. The fraction of sp³-hybridized carbons (Fsp3) is 0.143. The molecule has 0 unspecified atom stereocenters. The molecule has 1 aliphatic rings. The highest BCUT2D eigenvalue weighted by molar-refractivity contribution is 7.80. The highest BCUT2D eigenvalue weighted by Crippen LogP contribution is 2.30. The van der Waals surface area contributed by atoms with Gasteiger partial charge in [-0.3, -0.25) is 19.8 Å². The lowest BCUT2D eigenvalue weighted by molar-refractivity contribution is -0.143. The Morgan fingerprint density at radius 1 is 1.13 bits per heavy atom. The molecule has 1 saturated heterocycles. The molecule has 1 heterocycles. The molecule has 2 amide bonds. The molecule has 2 aromatic rings. The van der Waals surface area contributed by atoms with E-state index >= 15 is 0 Å². The van der Waals surface area contributed by atoms with E-state index in [1.54, 1.807) is 6.07 Å². The van der Waals surface area contributed by atoms with Crippen molar-refractivity contribution in [1.82, 2.24) is 5.32 Å². The normalized spacial score (nSPS) is 15.0. The minimum Gasteiger partial charge on any atom is -0.493 e. The van der Waals surface area contributed by atoms with Gasteiger partial charge in [0.2, 0.25) is 0 Å². The van der Waals surface area contributed by atoms with Crippen LogP contribution in [0.2, 0.25) is 0 Å². The van der Waals surface area contributed by atoms with Crippen LogP contribution in [0.3, 0.4) is 0 Å². The number of amides is 2. The monoisotopic (exact) mass is 444 g/mol. The van der Waals surface area contributed by atoms with Gasteiger partial charge in [-0.15, -0.1) is 0 Å². The molecule has 3 rings (SSSR count). The van der Waals surface area contributed by atoms with Crippen LogP contribution in [-0.4, -0.2) is 43.7 Å². The maximum Gasteiger partial charge on any atom is 0.343 e. The van der Waals surface area contributed by atoms with Gasteiger partial charge in [0.15, 0.2) is 23.2 Å². The van der Waals surface area contributed by atoms with E-state index in [-0.39, 0.29) is 28.8 Å². The Kier molecular flexibility index (Phi) is 6.61. The summed E-state index contributed by atoms with van der Waals surface area (Å²) in [4.78, 5) is 37.7. The van der Waals surface area contributed by atoms with Gasteiger partial charge in [-0.1, -0.05) is 6.07 Å². The number of rotatable bonds is 6. The highest BCUT2D eigenvalue weighted by atomic mass is 32.1. The van der Waals surface area contributed by atoms with Crippen LogP contribution in [0.25, 0.3) is 6.08 Å². The number of nitrogens with one attached hydrogen (secondary N) is 1. The number of methoxy groups -OCH3 is 2. The van der Waals surface area contributed by atoms with Crippen LogP contribution >= 0.6 is 12.2 Å². The number of carbonyl (C=O) groups is 3. The van der Waals surface area contributed by atoms with Gasteiger partial charge in [-0.25, -0.2) is 9.18 Å². The highest BCUT2D eigenvalue weighted by Gasteiger charge is 2.34. The number of thiocarbonyl (C=S) groups is 1. The van der Waals surface area contributed by atoms with Gasteiger partial charge in [-0.2, -0.15) is 0 Å². The lowest BCUT2D eigenvalue weighted by Gasteiger charge is -2.28. The molecule has 1 fully saturated rings. The van der Waals surface area contributed by atoms with Gasteiger partial charge in [0.05, 0.1) is 19.9 Å². The molecule has 0 spiro atoms. The van der Waals surface area contributed by atoms with Crippen molar-refractivity contribution in [3.8, 4) is 11.5 Å². The Morgan fingerprint density at radius 3 is 2.48 bits per heavy atom. The van der Waals surface area contributed by atoms with E-state index < -0.39 is 23.6 Å². The van der Waals surface area contributed by atoms with E-state index in [0.717, 1.165) is 4.90 Å². The van der Waals surface area contributed by atoms with Crippen molar-refractivity contribution in [2.45, 2.75) is 0 Å². The molecule has 0 atom stereocenters. The lowest BCUT2D eigenvalue weighted by atomic mass is 10.1. The van der Waals surface area contributed by atoms with Crippen LogP contribution in [0, 0.1) is 5.82 Å². The second-order valence-corrected chi connectivity index (χ2v) is 6.60. The first-order valence-corrected chi connectivity index (χ1v) is 9.29. The van der Waals surface area contributed by atoms with Crippen molar-refractivity contribution in [2.75, 3.05) is 25.7 Å². The van der Waals surface area contributed by atoms with E-state index in [0.29, 0.717) is 11.3 Å². The fourth-order valence-corrected chi connectivity index (χ4v) is 3.02. The summed E-state index contributed by atoms with van der Waals surface area (Å²) in [5.41, 5.74) is 0.599. The molecule has 0 saturated carbocycles. The zero-order valence-electron chi connectivity index (χ0n) is 16.5. The molecule has 0 radical (unpaired) electrons. The Bertz CT molecular complexity index is 1080. The number of carbonyl (C=O) groups excluding carboxylic acids is 3. The average Bonchev–Trinajstić information content (AvgIpc) is 2.76. The number of benzene rings is 2. The van der Waals surface area contributed by atoms with E-state index in [1.165, 1.54) is 56.7 Å². The van der Waals surface area contributed by atoms with E-state index in [9.17, 15) is 18.8 Å². The maximum absolute atomic E-state index is 13.2. The van der Waals surface area contributed by atoms with Crippen LogP contribution in [-0.2, 0) is 19.1 Å². The summed E-state index contributed by atoms with van der Waals surface area (Å²) in [6.45, 7) is -0.307. The Morgan fingerprint density at radius 2 is 1.84 bits per heavy atom. The predicted octanol–water partition coefficient (Wildman–Crippen LogP) is 2.22. The number of hydrogen-bond donors (Lipinski definition) is 1. The number of halogens is 1. The Balaban J connectivity index is 1.91. The van der Waals surface area contributed by atoms with Crippen LogP contribution in [0.15, 0.2) is 48.0 Å². The first-order valence-electron chi connectivity index (χ1n) is 8.88. The molecule has 0 aliphatic carbocycles. The van der Waals surface area contributed by atoms with Crippen LogP contribution < -0.4 is 19.7 Å². The van der Waals surface area contributed by atoms with Gasteiger partial charge in [0.1, 0.15) is 11.4 Å². The fourth-order valence-electron chi connectivity index (χ4n) is 2.74. The third-order valence-electron chi connectivity index (χ3n) is 4.26. The minimum absolute atomic E-state index is 0.108. The SMILES string of the molecule is COC(=O)COc1ccc(C=C2C(=O)NC(=S)N(c3ccc(F)cc3)C2=O)cc1OC. The van der Waals surface area contributed by atoms with Crippen LogP contribution in [0.1, 0.15) is 5.56 Å². The quantitative estimate of drug-likeness (QED) is 0.316. The Hall–Kier alpha value is -3.79. The molecule has 2 aromatic carbocycles. The average molecular weight is 444 g/mol. The summed E-state index contributed by atoms with van der Waals surface area (Å²) in [7, 11) is 2.65. The van der Waals surface area contributed by atoms with Crippen molar-refractivity contribution in [3.05, 3.63) is 59.4 Å². The molecule has 8 nitrogen and oxygen atoms in total. The number of hydrogen-bond acceptors (Lipinski definition) is 7. The summed E-state index contributed by atoms with van der Waals surface area (Å²) in [6.07, 6.45) is 1.36. The van der Waals surface area contributed by atoms with Crippen LogP contribution in [0.4, 0.5) is 10.1 Å². The predicted molar refractivity (Wildman–Crippen MR) is 113 cm³/mol. The number of nitrogens with zero attached hydrogens (tertiary/aromatic N) is 1. The van der Waals surface area contributed by atoms with Crippen molar-refractivity contribution < 1.29 is 33.0 Å². The first kappa shape index (κ1) is 21.9. The van der Waals surface area contributed by atoms with Crippen LogP contribution in [0.5, 0.6) is 11.5 Å². The molecule has 1 aliphatic heterocycles. The lowest BCUT2D eigenvalue weighted by Crippen LogP contribution is -2.54. The standard InChI is InChI=1S/C21H17FN2O6S/c1-28-17-10-12(3-8-16(17)30-11-18(25)29-2)9-15-19(26)23-21(31)24(20(15)27)14-6-4-13(22)5-7-14/h3-10H,11H2,1-2H3,(H,23,26,31). The zero-order chi connectivity index (χ0) is 22.5. The molecular weight excluding hydrogens is 427 g/mol. The third-order valence-corrected chi connectivity index (χ3v) is 4.54. The van der Waals surface area contributed by atoms with Crippen molar-refractivity contribution >= 4 is 46.9 Å². The molecule has 0 bridgehead atoms. The largest absolute Gasteiger partial charge is 0.493 e. The molecular formula is C21H17FN2O6S. The molecule has 10 heteroatoms. The maximum atomic E-state index is 13.2. The summed E-state index contributed by atoms with van der Waals surface area (Å²) in [6, 6.07) is 9.77. The van der Waals surface area contributed by atoms with Gasteiger partial charge in [-0.05, 0) is 60.3 Å². The molecule has 1 N–H and O–H groups in total. The zero-order valence-corrected chi connectivity index (χ0v) is 17.3. The molecule has 31 heavy (non-hydrogen) atoms. The minimum atomic E-state index is -0.668. The van der Waals surface area contributed by atoms with Gasteiger partial charge < -0.3 is 14.2 Å². The summed E-state index contributed by atoms with van der Waals surface area (Å²) in [5, 5.41) is 2.34. The van der Waals surface area contributed by atoms with Gasteiger partial charge in [0, 0.05) is 0 Å². The topological polar surface area (TPSA) is 94.2 Å². The van der Waals surface area contributed by atoms with E-state index in [4.69, 9.17) is 21.7 Å². The number of ether oxygens (including phenoxy) is 3. The van der Waals surface area contributed by atoms with Gasteiger partial charge >= 0.3 is 5.97 Å². The second kappa shape index (κ2) is 9.35. The Labute approximate surface area is 182 Å². The summed E-state index contributed by atoms with van der Waals surface area (Å²) < 4.78 is 28.4. The van der Waals surface area contributed by atoms with Crippen molar-refractivity contribution in [1.29, 1.82) is 0 Å². The summed E-state index contributed by atoms with van der Waals surface area (Å²) in [5.74, 6) is -1.80. The molecule has 160 valence electrons. The molecule has 0 aromatic heterocycles. The third kappa shape index (κ3) is 4.86. The number of esters is 1. The van der Waals surface area contributed by atoms with E-state index in [1.807, 2.05) is 0 Å². The number of anilines is 1. The van der Waals surface area contributed by atoms with E-state index in [2.05, 4.69) is 10.1 Å². The van der Waals surface area contributed by atoms with Gasteiger partial charge in [0.25, 0.3) is 11.8 Å². The first-order chi connectivity index (χ1) is 14.8. The second-order valence-electron chi connectivity index (χ2n) is 6.21. The summed E-state index contributed by atoms with van der Waals surface area (Å²) >= 11 is 5.11. The van der Waals surface area contributed by atoms with Crippen molar-refractivity contribution in [3.63, 3.8) is 0 Å². The van der Waals surface area contributed by atoms with Crippen molar-refractivity contribution in [2.24, 2.45) is 0 Å².